The molecule has 1 fully saturated rings. The maximum absolute atomic E-state index is 15.5. The second-order valence-electron chi connectivity index (χ2n) is 7.91. The van der Waals surface area contributed by atoms with E-state index in [1.807, 2.05) is 30.3 Å². The van der Waals surface area contributed by atoms with Crippen LogP contribution in [-0.2, 0) is 4.74 Å². The smallest absolute Gasteiger partial charge is 0.257 e. The lowest BCUT2D eigenvalue weighted by Gasteiger charge is -2.27. The van der Waals surface area contributed by atoms with Gasteiger partial charge in [-0.3, -0.25) is 9.78 Å². The van der Waals surface area contributed by atoms with E-state index in [0.29, 0.717) is 18.9 Å². The number of carbonyl (C=O) groups is 1. The van der Waals surface area contributed by atoms with Crippen LogP contribution < -0.4 is 0 Å². The summed E-state index contributed by atoms with van der Waals surface area (Å²) in [4.78, 5) is 23.4. The molecule has 0 saturated carbocycles. The molecule has 3 aromatic rings. The lowest BCUT2D eigenvalue weighted by Crippen LogP contribution is -2.33. The molecule has 1 atom stereocenters. The minimum atomic E-state index is -0.646. The number of carbonyl (C=O) groups excluding carboxylic acids is 1. The van der Waals surface area contributed by atoms with Gasteiger partial charge in [-0.25, -0.2) is 9.37 Å². The van der Waals surface area contributed by atoms with Gasteiger partial charge in [-0.15, -0.1) is 0 Å². The van der Waals surface area contributed by atoms with Gasteiger partial charge < -0.3 is 14.7 Å². The van der Waals surface area contributed by atoms with Crippen LogP contribution in [0.5, 0.6) is 0 Å². The van der Waals surface area contributed by atoms with E-state index in [1.54, 1.807) is 25.4 Å². The van der Waals surface area contributed by atoms with Gasteiger partial charge >= 0.3 is 0 Å². The topological polar surface area (TPSA) is 75.6 Å². The summed E-state index contributed by atoms with van der Waals surface area (Å²) in [5.41, 5.74) is 2.13. The Kier molecular flexibility index (Phi) is 6.87. The van der Waals surface area contributed by atoms with Gasteiger partial charge in [0.05, 0.1) is 35.8 Å². The summed E-state index contributed by atoms with van der Waals surface area (Å²) in [5, 5.41) is 9.89. The van der Waals surface area contributed by atoms with Gasteiger partial charge in [-0.2, -0.15) is 0 Å². The van der Waals surface area contributed by atoms with Crippen molar-refractivity contribution in [1.29, 1.82) is 0 Å². The molecule has 1 unspecified atom stereocenters. The number of amides is 1. The van der Waals surface area contributed by atoms with Crippen LogP contribution in [0.25, 0.3) is 11.3 Å². The maximum atomic E-state index is 15.5. The van der Waals surface area contributed by atoms with Crippen LogP contribution in [0.3, 0.4) is 0 Å². The quantitative estimate of drug-likeness (QED) is 0.634. The first-order chi connectivity index (χ1) is 15.6. The molecule has 1 N–H and O–H groups in total. The summed E-state index contributed by atoms with van der Waals surface area (Å²) in [6, 6.07) is 13.3. The Morgan fingerprint density at radius 1 is 1.16 bits per heavy atom. The van der Waals surface area contributed by atoms with Gasteiger partial charge in [0, 0.05) is 37.9 Å². The molecular weight excluding hydrogens is 409 g/mol. The molecule has 0 bridgehead atoms. The first-order valence-corrected chi connectivity index (χ1v) is 10.7. The molecule has 0 radical (unpaired) electrons. The van der Waals surface area contributed by atoms with Crippen molar-refractivity contribution in [3.63, 3.8) is 0 Å². The molecule has 4 rings (SSSR count). The summed E-state index contributed by atoms with van der Waals surface area (Å²) in [5.74, 6) is -0.931. The number of rotatable bonds is 6. The van der Waals surface area contributed by atoms with Gasteiger partial charge in [-0.1, -0.05) is 36.4 Å². The lowest BCUT2D eigenvalue weighted by atomic mass is 9.96. The molecule has 32 heavy (non-hydrogen) atoms. The SMILES string of the molecule is CN(C(=O)c1cccc(-c2cncc(C3CCOCC3)n2)c1F)C(CO)c1ccccc1. The van der Waals surface area contributed by atoms with Crippen LogP contribution in [0.4, 0.5) is 4.39 Å². The second-order valence-corrected chi connectivity index (χ2v) is 7.91. The molecule has 1 aliphatic heterocycles. The van der Waals surface area contributed by atoms with Crippen molar-refractivity contribution in [3.05, 3.63) is 83.6 Å². The molecule has 2 aromatic carbocycles. The average molecular weight is 435 g/mol. The fourth-order valence-corrected chi connectivity index (χ4v) is 4.05. The highest BCUT2D eigenvalue weighted by Crippen LogP contribution is 2.29. The van der Waals surface area contributed by atoms with E-state index in [-0.39, 0.29) is 23.7 Å². The Hall–Kier alpha value is -3.16. The number of ether oxygens (including phenoxy) is 1. The van der Waals surface area contributed by atoms with Crippen molar-refractivity contribution < 1.29 is 19.0 Å². The van der Waals surface area contributed by atoms with Crippen LogP contribution in [0.2, 0.25) is 0 Å². The van der Waals surface area contributed by atoms with Gasteiger partial charge in [0.25, 0.3) is 5.91 Å². The van der Waals surface area contributed by atoms with Gasteiger partial charge in [0.1, 0.15) is 5.82 Å². The molecule has 1 amide bonds. The second kappa shape index (κ2) is 9.97. The van der Waals surface area contributed by atoms with Crippen molar-refractivity contribution in [2.24, 2.45) is 0 Å². The normalized spacial score (nSPS) is 15.3. The Bertz CT molecular complexity index is 1070. The lowest BCUT2D eigenvalue weighted by molar-refractivity contribution is 0.0654. The Morgan fingerprint density at radius 3 is 2.62 bits per heavy atom. The van der Waals surface area contributed by atoms with E-state index in [2.05, 4.69) is 9.97 Å². The number of nitrogens with zero attached hydrogens (tertiary/aromatic N) is 3. The van der Waals surface area contributed by atoms with Crippen LogP contribution in [-0.4, -0.2) is 52.7 Å². The Balaban J connectivity index is 1.63. The van der Waals surface area contributed by atoms with Gasteiger partial charge in [0.2, 0.25) is 0 Å². The van der Waals surface area contributed by atoms with Crippen LogP contribution in [0, 0.1) is 5.82 Å². The summed E-state index contributed by atoms with van der Waals surface area (Å²) < 4.78 is 20.9. The molecule has 7 heteroatoms. The standard InChI is InChI=1S/C25H26FN3O3/c1-29(23(16-30)18-6-3-2-4-7-18)25(31)20-9-5-8-19(24(20)26)22-15-27-14-21(28-22)17-10-12-32-13-11-17/h2-9,14-15,17,23,30H,10-13,16H2,1H3. The molecule has 0 aliphatic carbocycles. The number of likely N-dealkylation sites (N-methyl/N-ethyl adjacent to an activating group) is 1. The highest BCUT2D eigenvalue weighted by atomic mass is 19.1. The fourth-order valence-electron chi connectivity index (χ4n) is 4.05. The average Bonchev–Trinajstić information content (AvgIpc) is 2.85. The van der Waals surface area contributed by atoms with E-state index in [0.717, 1.165) is 24.1 Å². The van der Waals surface area contributed by atoms with E-state index >= 15 is 4.39 Å². The minimum Gasteiger partial charge on any atom is -0.394 e. The van der Waals surface area contributed by atoms with E-state index < -0.39 is 17.8 Å². The molecule has 1 aliphatic rings. The van der Waals surface area contributed by atoms with E-state index in [4.69, 9.17) is 4.74 Å². The number of aliphatic hydroxyl groups is 1. The van der Waals surface area contributed by atoms with Crippen molar-refractivity contribution in [3.8, 4) is 11.3 Å². The molecular formula is C25H26FN3O3. The van der Waals surface area contributed by atoms with E-state index in [1.165, 1.54) is 17.2 Å². The molecule has 2 heterocycles. The molecule has 1 saturated heterocycles. The van der Waals surface area contributed by atoms with Crippen molar-refractivity contribution in [1.82, 2.24) is 14.9 Å². The molecule has 166 valence electrons. The number of hydrogen-bond donors (Lipinski definition) is 1. The highest BCUT2D eigenvalue weighted by molar-refractivity contribution is 5.96. The van der Waals surface area contributed by atoms with Crippen LogP contribution in [0.1, 0.15) is 46.4 Å². The first-order valence-electron chi connectivity index (χ1n) is 10.7. The third kappa shape index (κ3) is 4.54. The summed E-state index contributed by atoms with van der Waals surface area (Å²) in [6.07, 6.45) is 4.93. The zero-order chi connectivity index (χ0) is 22.5. The van der Waals surface area contributed by atoms with Gasteiger partial charge in [0.15, 0.2) is 0 Å². The maximum Gasteiger partial charge on any atom is 0.257 e. The molecule has 0 spiro atoms. The number of aliphatic hydroxyl groups excluding tert-OH is 1. The van der Waals surface area contributed by atoms with Crippen molar-refractivity contribution in [2.45, 2.75) is 24.8 Å². The fraction of sp³-hybridized carbons (Fsp3) is 0.320. The highest BCUT2D eigenvalue weighted by Gasteiger charge is 2.26. The number of benzene rings is 2. The number of aromatic nitrogens is 2. The van der Waals surface area contributed by atoms with Crippen molar-refractivity contribution in [2.75, 3.05) is 26.9 Å². The summed E-state index contributed by atoms with van der Waals surface area (Å²) in [7, 11) is 1.56. The minimum absolute atomic E-state index is 0.0716. The predicted octanol–water partition coefficient (Wildman–Crippen LogP) is 3.98. The monoisotopic (exact) mass is 435 g/mol. The van der Waals surface area contributed by atoms with E-state index in [9.17, 15) is 9.90 Å². The molecule has 6 nitrogen and oxygen atoms in total. The number of halogens is 1. The third-order valence-corrected chi connectivity index (χ3v) is 5.94. The summed E-state index contributed by atoms with van der Waals surface area (Å²) >= 11 is 0. The Labute approximate surface area is 186 Å². The molecule has 1 aromatic heterocycles. The zero-order valence-electron chi connectivity index (χ0n) is 17.9. The summed E-state index contributed by atoms with van der Waals surface area (Å²) in [6.45, 7) is 1.08. The van der Waals surface area contributed by atoms with Gasteiger partial charge in [-0.05, 0) is 30.5 Å². The third-order valence-electron chi connectivity index (χ3n) is 5.94. The van der Waals surface area contributed by atoms with Crippen LogP contribution >= 0.6 is 0 Å². The number of hydrogen-bond acceptors (Lipinski definition) is 5. The zero-order valence-corrected chi connectivity index (χ0v) is 17.9. The van der Waals surface area contributed by atoms with Crippen molar-refractivity contribution >= 4 is 5.91 Å². The van der Waals surface area contributed by atoms with Crippen LogP contribution in [0.15, 0.2) is 60.9 Å². The Morgan fingerprint density at radius 2 is 1.91 bits per heavy atom. The predicted molar refractivity (Wildman–Crippen MR) is 119 cm³/mol. The largest absolute Gasteiger partial charge is 0.394 e. The first kappa shape index (κ1) is 22.0.